The Bertz CT molecular complexity index is 1050. The summed E-state index contributed by atoms with van der Waals surface area (Å²) in [6.45, 7) is 1.06. The van der Waals surface area contributed by atoms with Crippen molar-refractivity contribution < 1.29 is 14.4 Å². The number of nitrogens with zero attached hydrogens (tertiary/aromatic N) is 3. The van der Waals surface area contributed by atoms with E-state index in [1.54, 1.807) is 11.0 Å². The molecule has 8 nitrogen and oxygen atoms in total. The number of piperidine rings is 1. The molecule has 160 valence electrons. The zero-order valence-corrected chi connectivity index (χ0v) is 17.2. The molecule has 0 spiro atoms. The Balaban J connectivity index is 1.48. The fraction of sp³-hybridized carbons (Fsp3) is 0.435. The van der Waals surface area contributed by atoms with Crippen molar-refractivity contribution in [3.8, 4) is 6.07 Å². The standard InChI is InChI=1S/C23H25N5O3/c24-14-17(13-16-10-11-25-21(16)29)26-22(30)20-7-3-4-12-28(20)23(31)19-9-8-15-5-1-2-6-18(15)27-19/h1-2,5-6,8-9,16-17,20H,3-4,7,10-13H2,(H,25,29)(H,26,30)/t16-,17-,20-/m0/s1. The van der Waals surface area contributed by atoms with Crippen LogP contribution in [0.25, 0.3) is 10.9 Å². The van der Waals surface area contributed by atoms with Crippen molar-refractivity contribution in [2.24, 2.45) is 5.92 Å². The molecule has 0 aliphatic carbocycles. The van der Waals surface area contributed by atoms with E-state index in [0.717, 1.165) is 23.7 Å². The summed E-state index contributed by atoms with van der Waals surface area (Å²) in [5.41, 5.74) is 1.03. The van der Waals surface area contributed by atoms with E-state index in [4.69, 9.17) is 0 Å². The number of carbonyl (C=O) groups excluding carboxylic acids is 3. The summed E-state index contributed by atoms with van der Waals surface area (Å²) in [5.74, 6) is -0.977. The van der Waals surface area contributed by atoms with Crippen LogP contribution in [0.15, 0.2) is 36.4 Å². The molecule has 1 aromatic carbocycles. The number of hydrogen-bond donors (Lipinski definition) is 2. The van der Waals surface area contributed by atoms with Gasteiger partial charge in [0, 0.05) is 24.4 Å². The van der Waals surface area contributed by atoms with E-state index in [2.05, 4.69) is 21.7 Å². The number of fused-ring (bicyclic) bond motifs is 1. The largest absolute Gasteiger partial charge is 0.356 e. The highest BCUT2D eigenvalue weighted by Gasteiger charge is 2.35. The fourth-order valence-corrected chi connectivity index (χ4v) is 4.35. The van der Waals surface area contributed by atoms with E-state index in [1.807, 2.05) is 30.3 Å². The molecule has 1 aromatic heterocycles. The molecule has 3 heterocycles. The Kier molecular flexibility index (Phi) is 6.12. The van der Waals surface area contributed by atoms with E-state index in [1.165, 1.54) is 0 Å². The van der Waals surface area contributed by atoms with Crippen LogP contribution in [-0.4, -0.2) is 52.8 Å². The second-order valence-corrected chi connectivity index (χ2v) is 8.10. The van der Waals surface area contributed by atoms with Gasteiger partial charge in [-0.2, -0.15) is 5.26 Å². The maximum absolute atomic E-state index is 13.2. The van der Waals surface area contributed by atoms with E-state index in [-0.39, 0.29) is 30.1 Å². The first-order valence-electron chi connectivity index (χ1n) is 10.7. The van der Waals surface area contributed by atoms with Crippen LogP contribution < -0.4 is 10.6 Å². The molecule has 2 fully saturated rings. The summed E-state index contributed by atoms with van der Waals surface area (Å²) < 4.78 is 0. The molecule has 31 heavy (non-hydrogen) atoms. The summed E-state index contributed by atoms with van der Waals surface area (Å²) in [5, 5.41) is 15.9. The van der Waals surface area contributed by atoms with Gasteiger partial charge in [0.1, 0.15) is 17.8 Å². The first-order valence-corrected chi connectivity index (χ1v) is 10.7. The second kappa shape index (κ2) is 9.13. The lowest BCUT2D eigenvalue weighted by Crippen LogP contribution is -2.54. The van der Waals surface area contributed by atoms with Crippen molar-refractivity contribution in [2.75, 3.05) is 13.1 Å². The number of rotatable bonds is 5. The maximum Gasteiger partial charge on any atom is 0.273 e. The molecule has 8 heteroatoms. The van der Waals surface area contributed by atoms with Crippen LogP contribution in [0.5, 0.6) is 0 Å². The van der Waals surface area contributed by atoms with Crippen LogP contribution in [-0.2, 0) is 9.59 Å². The molecule has 2 aromatic rings. The molecule has 0 saturated carbocycles. The summed E-state index contributed by atoms with van der Waals surface area (Å²) in [4.78, 5) is 44.1. The number of pyridine rings is 1. The smallest absolute Gasteiger partial charge is 0.273 e. The van der Waals surface area contributed by atoms with Gasteiger partial charge in [-0.25, -0.2) is 4.98 Å². The topological polar surface area (TPSA) is 115 Å². The monoisotopic (exact) mass is 419 g/mol. The van der Waals surface area contributed by atoms with Gasteiger partial charge in [-0.05, 0) is 44.2 Å². The summed E-state index contributed by atoms with van der Waals surface area (Å²) >= 11 is 0. The van der Waals surface area contributed by atoms with Crippen LogP contribution >= 0.6 is 0 Å². The Morgan fingerprint density at radius 2 is 2.06 bits per heavy atom. The Morgan fingerprint density at radius 3 is 2.84 bits per heavy atom. The van der Waals surface area contributed by atoms with Crippen LogP contribution in [0, 0.1) is 17.2 Å². The van der Waals surface area contributed by atoms with Gasteiger partial charge in [-0.1, -0.05) is 24.3 Å². The SMILES string of the molecule is N#C[C@H](C[C@@H]1CCNC1=O)NC(=O)[C@@H]1CCCCN1C(=O)c1ccc2ccccc2n1. The molecule has 2 aliphatic rings. The Morgan fingerprint density at radius 1 is 1.23 bits per heavy atom. The molecule has 0 unspecified atom stereocenters. The van der Waals surface area contributed by atoms with Gasteiger partial charge < -0.3 is 15.5 Å². The van der Waals surface area contributed by atoms with Crippen LogP contribution in [0.4, 0.5) is 0 Å². The molecule has 0 bridgehead atoms. The summed E-state index contributed by atoms with van der Waals surface area (Å²) in [6, 6.07) is 11.8. The average molecular weight is 419 g/mol. The van der Waals surface area contributed by atoms with Gasteiger partial charge in [0.05, 0.1) is 11.6 Å². The predicted molar refractivity (Wildman–Crippen MR) is 114 cm³/mol. The number of likely N-dealkylation sites (tertiary alicyclic amines) is 1. The van der Waals surface area contributed by atoms with Crippen molar-refractivity contribution in [2.45, 2.75) is 44.2 Å². The third-order valence-electron chi connectivity index (χ3n) is 6.04. The van der Waals surface area contributed by atoms with Crippen molar-refractivity contribution in [1.82, 2.24) is 20.5 Å². The molecular weight excluding hydrogens is 394 g/mol. The minimum absolute atomic E-state index is 0.0775. The fourth-order valence-electron chi connectivity index (χ4n) is 4.35. The normalized spacial score (nSPS) is 21.9. The molecule has 2 N–H and O–H groups in total. The zero-order chi connectivity index (χ0) is 21.8. The highest BCUT2D eigenvalue weighted by molar-refractivity contribution is 5.98. The molecular formula is C23H25N5O3. The molecule has 4 rings (SSSR count). The average Bonchev–Trinajstić information content (AvgIpc) is 3.21. The Hall–Kier alpha value is -3.47. The van der Waals surface area contributed by atoms with E-state index < -0.39 is 12.1 Å². The summed E-state index contributed by atoms with van der Waals surface area (Å²) in [7, 11) is 0. The first kappa shape index (κ1) is 20.8. The number of amides is 3. The van der Waals surface area contributed by atoms with Crippen molar-refractivity contribution >= 4 is 28.6 Å². The quantitative estimate of drug-likeness (QED) is 0.766. The van der Waals surface area contributed by atoms with Gasteiger partial charge in [-0.15, -0.1) is 0 Å². The third kappa shape index (κ3) is 4.50. The first-order chi connectivity index (χ1) is 15.1. The number of hydrogen-bond acceptors (Lipinski definition) is 5. The van der Waals surface area contributed by atoms with Gasteiger partial charge in [0.2, 0.25) is 11.8 Å². The lowest BCUT2D eigenvalue weighted by molar-refractivity contribution is -0.128. The highest BCUT2D eigenvalue weighted by atomic mass is 16.2. The van der Waals surface area contributed by atoms with Crippen molar-refractivity contribution in [3.05, 3.63) is 42.1 Å². The van der Waals surface area contributed by atoms with Gasteiger partial charge in [0.25, 0.3) is 5.91 Å². The van der Waals surface area contributed by atoms with Gasteiger partial charge in [0.15, 0.2) is 0 Å². The van der Waals surface area contributed by atoms with E-state index in [0.29, 0.717) is 31.6 Å². The highest BCUT2D eigenvalue weighted by Crippen LogP contribution is 2.22. The number of benzene rings is 1. The minimum Gasteiger partial charge on any atom is -0.356 e. The third-order valence-corrected chi connectivity index (χ3v) is 6.04. The van der Waals surface area contributed by atoms with E-state index in [9.17, 15) is 19.6 Å². The lowest BCUT2D eigenvalue weighted by atomic mass is 9.97. The minimum atomic E-state index is -0.765. The lowest BCUT2D eigenvalue weighted by Gasteiger charge is -2.35. The van der Waals surface area contributed by atoms with Crippen LogP contribution in [0.2, 0.25) is 0 Å². The van der Waals surface area contributed by atoms with Crippen LogP contribution in [0.3, 0.4) is 0 Å². The molecule has 2 saturated heterocycles. The molecule has 0 radical (unpaired) electrons. The Labute approximate surface area is 180 Å². The van der Waals surface area contributed by atoms with Crippen molar-refractivity contribution in [1.29, 1.82) is 5.26 Å². The number of aromatic nitrogens is 1. The van der Waals surface area contributed by atoms with Gasteiger partial charge in [-0.3, -0.25) is 14.4 Å². The summed E-state index contributed by atoms with van der Waals surface area (Å²) in [6.07, 6.45) is 3.12. The molecule has 2 aliphatic heterocycles. The number of para-hydroxylation sites is 1. The van der Waals surface area contributed by atoms with Gasteiger partial charge >= 0.3 is 0 Å². The number of nitriles is 1. The predicted octanol–water partition coefficient (Wildman–Crippen LogP) is 1.76. The van der Waals surface area contributed by atoms with Crippen molar-refractivity contribution in [3.63, 3.8) is 0 Å². The number of carbonyl (C=O) groups is 3. The second-order valence-electron chi connectivity index (χ2n) is 8.10. The van der Waals surface area contributed by atoms with Crippen LogP contribution in [0.1, 0.15) is 42.6 Å². The van der Waals surface area contributed by atoms with E-state index >= 15 is 0 Å². The maximum atomic E-state index is 13.2. The zero-order valence-electron chi connectivity index (χ0n) is 17.2. The molecule has 3 atom stereocenters. The number of nitrogens with one attached hydrogen (secondary N) is 2. The molecule has 3 amide bonds.